The number of primary amides is 1. The smallest absolute Gasteiger partial charge is 0.248 e. The summed E-state index contributed by atoms with van der Waals surface area (Å²) in [5, 5.41) is 3.18. The fourth-order valence-corrected chi connectivity index (χ4v) is 2.95. The van der Waals surface area contributed by atoms with Crippen molar-refractivity contribution in [2.75, 3.05) is 20.1 Å². The van der Waals surface area contributed by atoms with E-state index in [0.717, 1.165) is 25.9 Å². The van der Waals surface area contributed by atoms with Gasteiger partial charge >= 0.3 is 0 Å². The van der Waals surface area contributed by atoms with Crippen LogP contribution in [0.4, 0.5) is 4.39 Å². The van der Waals surface area contributed by atoms with E-state index in [0.29, 0.717) is 18.2 Å². The first kappa shape index (κ1) is 15.9. The molecule has 0 radical (unpaired) electrons. The summed E-state index contributed by atoms with van der Waals surface area (Å²) < 4.78 is 14.1. The highest BCUT2D eigenvalue weighted by atomic mass is 19.1. The van der Waals surface area contributed by atoms with Gasteiger partial charge in [0.1, 0.15) is 5.82 Å². The van der Waals surface area contributed by atoms with E-state index in [1.54, 1.807) is 12.1 Å². The number of piperidine rings is 1. The van der Waals surface area contributed by atoms with E-state index >= 15 is 0 Å². The summed E-state index contributed by atoms with van der Waals surface area (Å²) in [6.07, 6.45) is 4.66. The van der Waals surface area contributed by atoms with Gasteiger partial charge in [-0.05, 0) is 51.5 Å². The van der Waals surface area contributed by atoms with E-state index in [9.17, 15) is 9.18 Å². The molecule has 0 saturated carbocycles. The molecule has 21 heavy (non-hydrogen) atoms. The molecule has 2 rings (SSSR count). The predicted octanol–water partition coefficient (Wildman–Crippen LogP) is 1.89. The van der Waals surface area contributed by atoms with Gasteiger partial charge in [0, 0.05) is 23.7 Å². The number of nitrogens with zero attached hydrogens (tertiary/aromatic N) is 1. The number of carbonyl (C=O) groups is 1. The van der Waals surface area contributed by atoms with Crippen molar-refractivity contribution in [3.05, 3.63) is 35.1 Å². The van der Waals surface area contributed by atoms with Crippen LogP contribution >= 0.6 is 0 Å². The lowest BCUT2D eigenvalue weighted by Crippen LogP contribution is -2.40. The molecule has 0 bridgehead atoms. The summed E-state index contributed by atoms with van der Waals surface area (Å²) in [4.78, 5) is 13.4. The number of benzene rings is 1. The molecule has 0 aromatic heterocycles. The van der Waals surface area contributed by atoms with Crippen LogP contribution in [0.5, 0.6) is 0 Å². The normalized spacial score (nSPS) is 19.6. The van der Waals surface area contributed by atoms with Gasteiger partial charge in [0.05, 0.1) is 0 Å². The predicted molar refractivity (Wildman–Crippen MR) is 81.5 cm³/mol. The van der Waals surface area contributed by atoms with Crippen molar-refractivity contribution in [2.45, 2.75) is 38.3 Å². The van der Waals surface area contributed by atoms with Gasteiger partial charge in [0.2, 0.25) is 5.91 Å². The maximum Gasteiger partial charge on any atom is 0.248 e. The minimum absolute atomic E-state index is 0.224. The fraction of sp³-hybridized carbons (Fsp3) is 0.562. The van der Waals surface area contributed by atoms with Gasteiger partial charge in [-0.25, -0.2) is 4.39 Å². The number of nitrogens with one attached hydrogen (secondary N) is 1. The van der Waals surface area contributed by atoms with E-state index in [-0.39, 0.29) is 11.4 Å². The average Bonchev–Trinajstić information content (AvgIpc) is 2.48. The van der Waals surface area contributed by atoms with Gasteiger partial charge in [-0.1, -0.05) is 12.5 Å². The zero-order chi connectivity index (χ0) is 15.2. The van der Waals surface area contributed by atoms with E-state index in [1.807, 2.05) is 7.05 Å². The molecule has 1 unspecified atom stereocenters. The third-order valence-electron chi connectivity index (χ3n) is 4.19. The van der Waals surface area contributed by atoms with Crippen molar-refractivity contribution in [2.24, 2.45) is 5.73 Å². The number of hydrogen-bond donors (Lipinski definition) is 2. The summed E-state index contributed by atoms with van der Waals surface area (Å²) in [6, 6.07) is 5.03. The van der Waals surface area contributed by atoms with Crippen LogP contribution in [-0.4, -0.2) is 37.0 Å². The maximum absolute atomic E-state index is 14.1. The molecule has 1 saturated heterocycles. The Morgan fingerprint density at radius 2 is 2.29 bits per heavy atom. The number of halogens is 1. The van der Waals surface area contributed by atoms with Crippen molar-refractivity contribution in [1.82, 2.24) is 10.2 Å². The third kappa shape index (κ3) is 4.25. The first-order valence-electron chi connectivity index (χ1n) is 7.58. The highest BCUT2D eigenvalue weighted by Gasteiger charge is 2.23. The van der Waals surface area contributed by atoms with Crippen molar-refractivity contribution in [3.8, 4) is 0 Å². The SMILES string of the molecule is CNCCC1CCCCN1Cc1ccc(C(N)=O)cc1F. The Labute approximate surface area is 125 Å². The molecule has 4 nitrogen and oxygen atoms in total. The average molecular weight is 293 g/mol. The van der Waals surface area contributed by atoms with Crippen LogP contribution < -0.4 is 11.1 Å². The molecule has 1 aliphatic rings. The number of hydrogen-bond acceptors (Lipinski definition) is 3. The molecule has 1 atom stereocenters. The summed E-state index contributed by atoms with van der Waals surface area (Å²) in [7, 11) is 1.95. The summed E-state index contributed by atoms with van der Waals surface area (Å²) in [5.74, 6) is -0.936. The highest BCUT2D eigenvalue weighted by Crippen LogP contribution is 2.23. The molecule has 5 heteroatoms. The van der Waals surface area contributed by atoms with Crippen LogP contribution in [0.3, 0.4) is 0 Å². The zero-order valence-electron chi connectivity index (χ0n) is 12.6. The Bertz CT molecular complexity index is 492. The lowest BCUT2D eigenvalue weighted by molar-refractivity contribution is 0.0999. The molecule has 1 amide bonds. The fourth-order valence-electron chi connectivity index (χ4n) is 2.95. The van der Waals surface area contributed by atoms with Crippen LogP contribution in [0.2, 0.25) is 0 Å². The van der Waals surface area contributed by atoms with Crippen LogP contribution in [0.1, 0.15) is 41.6 Å². The largest absolute Gasteiger partial charge is 0.366 e. The van der Waals surface area contributed by atoms with Gasteiger partial charge in [-0.2, -0.15) is 0 Å². The second-order valence-electron chi connectivity index (χ2n) is 5.68. The maximum atomic E-state index is 14.1. The Balaban J connectivity index is 2.06. The molecule has 1 aromatic rings. The summed E-state index contributed by atoms with van der Waals surface area (Å²) in [6.45, 7) is 2.58. The molecule has 1 fully saturated rings. The van der Waals surface area contributed by atoms with Gasteiger partial charge in [0.15, 0.2) is 0 Å². The molecule has 116 valence electrons. The first-order valence-corrected chi connectivity index (χ1v) is 7.58. The van der Waals surface area contributed by atoms with E-state index < -0.39 is 5.91 Å². The van der Waals surface area contributed by atoms with E-state index in [4.69, 9.17) is 5.73 Å². The van der Waals surface area contributed by atoms with Gasteiger partial charge in [-0.15, -0.1) is 0 Å². The third-order valence-corrected chi connectivity index (χ3v) is 4.19. The Morgan fingerprint density at radius 3 is 2.95 bits per heavy atom. The van der Waals surface area contributed by atoms with Crippen molar-refractivity contribution < 1.29 is 9.18 Å². The zero-order valence-corrected chi connectivity index (χ0v) is 12.6. The van der Waals surface area contributed by atoms with E-state index in [2.05, 4.69) is 10.2 Å². The minimum Gasteiger partial charge on any atom is -0.366 e. The van der Waals surface area contributed by atoms with Crippen molar-refractivity contribution in [3.63, 3.8) is 0 Å². The summed E-state index contributed by atoms with van der Waals surface area (Å²) >= 11 is 0. The Morgan fingerprint density at radius 1 is 1.48 bits per heavy atom. The Kier molecular flexibility index (Phi) is 5.70. The quantitative estimate of drug-likeness (QED) is 0.842. The molecule has 0 spiro atoms. The number of nitrogens with two attached hydrogens (primary N) is 1. The monoisotopic (exact) mass is 293 g/mol. The minimum atomic E-state index is -0.592. The van der Waals surface area contributed by atoms with Crippen LogP contribution in [0, 0.1) is 5.82 Å². The molecule has 1 aromatic carbocycles. The topological polar surface area (TPSA) is 58.4 Å². The van der Waals surface area contributed by atoms with Crippen LogP contribution in [0.15, 0.2) is 18.2 Å². The lowest BCUT2D eigenvalue weighted by Gasteiger charge is -2.36. The van der Waals surface area contributed by atoms with Crippen LogP contribution in [0.25, 0.3) is 0 Å². The number of rotatable bonds is 6. The summed E-state index contributed by atoms with van der Waals surface area (Å²) in [5.41, 5.74) is 6.03. The van der Waals surface area contributed by atoms with Gasteiger partial charge < -0.3 is 11.1 Å². The Hall–Kier alpha value is -1.46. The molecule has 0 aliphatic carbocycles. The van der Waals surface area contributed by atoms with E-state index in [1.165, 1.54) is 18.9 Å². The first-order chi connectivity index (χ1) is 10.1. The molecular weight excluding hydrogens is 269 g/mol. The molecule has 1 aliphatic heterocycles. The number of likely N-dealkylation sites (tertiary alicyclic amines) is 1. The molecule has 1 heterocycles. The van der Waals surface area contributed by atoms with Crippen LogP contribution in [-0.2, 0) is 6.54 Å². The standard InChI is InChI=1S/C16H24FN3O/c1-19-8-7-14-4-2-3-9-20(14)11-13-6-5-12(16(18)21)10-15(13)17/h5-6,10,14,19H,2-4,7-9,11H2,1H3,(H2,18,21). The van der Waals surface area contributed by atoms with Gasteiger partial charge in [-0.3, -0.25) is 9.69 Å². The number of amides is 1. The number of carbonyl (C=O) groups excluding carboxylic acids is 1. The molecule has 3 N–H and O–H groups in total. The second-order valence-corrected chi connectivity index (χ2v) is 5.68. The second kappa shape index (κ2) is 7.52. The van der Waals surface area contributed by atoms with Crippen molar-refractivity contribution >= 4 is 5.91 Å². The molecular formula is C16H24FN3O. The van der Waals surface area contributed by atoms with Gasteiger partial charge in [0.25, 0.3) is 0 Å². The lowest BCUT2D eigenvalue weighted by atomic mass is 9.98. The highest BCUT2D eigenvalue weighted by molar-refractivity contribution is 5.92. The van der Waals surface area contributed by atoms with Crippen molar-refractivity contribution in [1.29, 1.82) is 0 Å².